The van der Waals surface area contributed by atoms with E-state index in [4.69, 9.17) is 34.8 Å². The van der Waals surface area contributed by atoms with Gasteiger partial charge >= 0.3 is 0 Å². The molecule has 1 N–H and O–H groups in total. The molecule has 0 aromatic carbocycles. The standard InChI is InChI=1S/C10H10Cl3N3O/c11-6-4-7(12)10(15-9(6)13)16-3-1-2-14-8(17)5-16/h4H,1-3,5H2,(H,14,17). The van der Waals surface area contributed by atoms with Gasteiger partial charge in [0.05, 0.1) is 16.6 Å². The fourth-order valence-corrected chi connectivity index (χ4v) is 2.26. The van der Waals surface area contributed by atoms with E-state index in [-0.39, 0.29) is 17.6 Å². The molecule has 0 saturated carbocycles. The maximum Gasteiger partial charge on any atom is 0.239 e. The van der Waals surface area contributed by atoms with E-state index >= 15 is 0 Å². The Morgan fingerprint density at radius 3 is 2.82 bits per heavy atom. The minimum atomic E-state index is -0.0496. The normalized spacial score (nSPS) is 16.6. The predicted octanol–water partition coefficient (Wildman–Crippen LogP) is 2.37. The molecule has 1 aromatic heterocycles. The molecule has 0 bridgehead atoms. The van der Waals surface area contributed by atoms with Crippen LogP contribution in [0.15, 0.2) is 6.07 Å². The summed E-state index contributed by atoms with van der Waals surface area (Å²) in [7, 11) is 0. The summed E-state index contributed by atoms with van der Waals surface area (Å²) >= 11 is 17.7. The van der Waals surface area contributed by atoms with Crippen LogP contribution in [0.5, 0.6) is 0 Å². The summed E-state index contributed by atoms with van der Waals surface area (Å²) in [6, 6.07) is 1.54. The number of amides is 1. The van der Waals surface area contributed by atoms with Gasteiger partial charge in [0.15, 0.2) is 0 Å². The maximum atomic E-state index is 11.4. The molecule has 17 heavy (non-hydrogen) atoms. The Morgan fingerprint density at radius 2 is 2.06 bits per heavy atom. The van der Waals surface area contributed by atoms with Crippen LogP contribution in [-0.2, 0) is 4.79 Å². The molecule has 7 heteroatoms. The van der Waals surface area contributed by atoms with Gasteiger partial charge in [-0.2, -0.15) is 0 Å². The van der Waals surface area contributed by atoms with Gasteiger partial charge in [0, 0.05) is 13.1 Å². The van der Waals surface area contributed by atoms with Crippen LogP contribution < -0.4 is 10.2 Å². The summed E-state index contributed by atoms with van der Waals surface area (Å²) in [6.45, 7) is 1.59. The van der Waals surface area contributed by atoms with Crippen molar-refractivity contribution >= 4 is 46.5 Å². The van der Waals surface area contributed by atoms with Gasteiger partial charge in [-0.3, -0.25) is 4.79 Å². The Hall–Kier alpha value is -0.710. The fraction of sp³-hybridized carbons (Fsp3) is 0.400. The highest BCUT2D eigenvalue weighted by Crippen LogP contribution is 2.31. The summed E-state index contributed by atoms with van der Waals surface area (Å²) < 4.78 is 0. The molecule has 92 valence electrons. The summed E-state index contributed by atoms with van der Waals surface area (Å²) in [6.07, 6.45) is 0.837. The highest BCUT2D eigenvalue weighted by molar-refractivity contribution is 6.42. The van der Waals surface area contributed by atoms with Crippen molar-refractivity contribution in [2.45, 2.75) is 6.42 Å². The van der Waals surface area contributed by atoms with Crippen LogP contribution in [0.2, 0.25) is 15.2 Å². The van der Waals surface area contributed by atoms with E-state index in [2.05, 4.69) is 10.3 Å². The highest BCUT2D eigenvalue weighted by Gasteiger charge is 2.19. The monoisotopic (exact) mass is 293 g/mol. The average Bonchev–Trinajstić information content (AvgIpc) is 2.48. The zero-order valence-corrected chi connectivity index (χ0v) is 11.1. The van der Waals surface area contributed by atoms with E-state index in [0.717, 1.165) is 6.42 Å². The lowest BCUT2D eigenvalue weighted by Gasteiger charge is -2.21. The SMILES string of the molecule is O=C1CN(c2nc(Cl)c(Cl)cc2Cl)CCCN1. The Bertz CT molecular complexity index is 453. The second kappa shape index (κ2) is 5.29. The topological polar surface area (TPSA) is 45.2 Å². The molecule has 1 aromatic rings. The minimum Gasteiger partial charge on any atom is -0.354 e. The van der Waals surface area contributed by atoms with Crippen molar-refractivity contribution in [3.8, 4) is 0 Å². The number of rotatable bonds is 1. The van der Waals surface area contributed by atoms with Crippen LogP contribution in [0, 0.1) is 0 Å². The lowest BCUT2D eigenvalue weighted by molar-refractivity contribution is -0.119. The molecule has 0 spiro atoms. The molecule has 0 unspecified atom stereocenters. The molecular weight excluding hydrogens is 284 g/mol. The number of pyridine rings is 1. The van der Waals surface area contributed by atoms with Crippen LogP contribution in [0.4, 0.5) is 5.82 Å². The third-order valence-corrected chi connectivity index (χ3v) is 3.38. The molecule has 0 radical (unpaired) electrons. The first-order valence-corrected chi connectivity index (χ1v) is 6.24. The Labute approximate surface area is 114 Å². The van der Waals surface area contributed by atoms with E-state index < -0.39 is 0 Å². The predicted molar refractivity (Wildman–Crippen MR) is 69.1 cm³/mol. The number of anilines is 1. The molecule has 4 nitrogen and oxygen atoms in total. The van der Waals surface area contributed by atoms with Crippen LogP contribution in [0.1, 0.15) is 6.42 Å². The van der Waals surface area contributed by atoms with Gasteiger partial charge in [-0.05, 0) is 12.5 Å². The second-order valence-electron chi connectivity index (χ2n) is 3.69. The summed E-state index contributed by atoms with van der Waals surface area (Å²) in [5.41, 5.74) is 0. The van der Waals surface area contributed by atoms with Gasteiger partial charge in [0.1, 0.15) is 11.0 Å². The average molecular weight is 295 g/mol. The maximum absolute atomic E-state index is 11.4. The van der Waals surface area contributed by atoms with E-state index in [9.17, 15) is 4.79 Å². The molecule has 0 aliphatic carbocycles. The lowest BCUT2D eigenvalue weighted by atomic mass is 10.3. The quantitative estimate of drug-likeness (QED) is 0.809. The number of halogens is 3. The Balaban J connectivity index is 2.32. The zero-order valence-electron chi connectivity index (χ0n) is 8.84. The van der Waals surface area contributed by atoms with Gasteiger partial charge in [-0.15, -0.1) is 0 Å². The minimum absolute atomic E-state index is 0.0496. The molecule has 0 atom stereocenters. The van der Waals surface area contributed by atoms with Crippen molar-refractivity contribution in [1.29, 1.82) is 0 Å². The Morgan fingerprint density at radius 1 is 1.29 bits per heavy atom. The molecule has 1 amide bonds. The van der Waals surface area contributed by atoms with Crippen molar-refractivity contribution in [3.63, 3.8) is 0 Å². The number of carbonyl (C=O) groups excluding carboxylic acids is 1. The van der Waals surface area contributed by atoms with Gasteiger partial charge in [0.25, 0.3) is 0 Å². The van der Waals surface area contributed by atoms with E-state index in [1.807, 2.05) is 0 Å². The molecular formula is C10H10Cl3N3O. The number of hydrogen-bond donors (Lipinski definition) is 1. The summed E-state index contributed by atoms with van der Waals surface area (Å²) in [4.78, 5) is 17.4. The van der Waals surface area contributed by atoms with E-state index in [0.29, 0.717) is 29.0 Å². The molecule has 1 saturated heterocycles. The smallest absolute Gasteiger partial charge is 0.239 e. The Kier molecular flexibility index (Phi) is 3.97. The number of carbonyl (C=O) groups is 1. The number of hydrogen-bond acceptors (Lipinski definition) is 3. The van der Waals surface area contributed by atoms with Gasteiger partial charge < -0.3 is 10.2 Å². The van der Waals surface area contributed by atoms with Gasteiger partial charge in [-0.25, -0.2) is 4.98 Å². The fourth-order valence-electron chi connectivity index (χ4n) is 1.64. The van der Waals surface area contributed by atoms with Crippen molar-refractivity contribution in [3.05, 3.63) is 21.3 Å². The van der Waals surface area contributed by atoms with Crippen LogP contribution in [0.25, 0.3) is 0 Å². The van der Waals surface area contributed by atoms with Crippen LogP contribution >= 0.6 is 34.8 Å². The van der Waals surface area contributed by atoms with Gasteiger partial charge in [-0.1, -0.05) is 34.8 Å². The third-order valence-electron chi connectivity index (χ3n) is 2.43. The first-order chi connectivity index (χ1) is 8.08. The first kappa shape index (κ1) is 12.7. The highest BCUT2D eigenvalue weighted by atomic mass is 35.5. The summed E-state index contributed by atoms with van der Waals surface area (Å²) in [5, 5.41) is 3.67. The third kappa shape index (κ3) is 2.94. The van der Waals surface area contributed by atoms with Crippen LogP contribution in [0.3, 0.4) is 0 Å². The van der Waals surface area contributed by atoms with Crippen molar-refractivity contribution in [2.24, 2.45) is 0 Å². The van der Waals surface area contributed by atoms with Gasteiger partial charge in [0.2, 0.25) is 5.91 Å². The van der Waals surface area contributed by atoms with Crippen molar-refractivity contribution < 1.29 is 4.79 Å². The number of aromatic nitrogens is 1. The summed E-state index contributed by atoms with van der Waals surface area (Å²) in [5.74, 6) is 0.449. The molecule has 2 rings (SSSR count). The van der Waals surface area contributed by atoms with Crippen LogP contribution in [-0.4, -0.2) is 30.5 Å². The molecule has 1 aliphatic heterocycles. The van der Waals surface area contributed by atoms with E-state index in [1.54, 1.807) is 4.90 Å². The second-order valence-corrected chi connectivity index (χ2v) is 4.86. The van der Waals surface area contributed by atoms with Crippen molar-refractivity contribution in [1.82, 2.24) is 10.3 Å². The van der Waals surface area contributed by atoms with E-state index in [1.165, 1.54) is 6.07 Å². The largest absolute Gasteiger partial charge is 0.354 e. The number of nitrogens with one attached hydrogen (secondary N) is 1. The zero-order chi connectivity index (χ0) is 12.4. The number of nitrogens with zero attached hydrogens (tertiary/aromatic N) is 2. The van der Waals surface area contributed by atoms with Crippen molar-refractivity contribution in [2.75, 3.05) is 24.5 Å². The first-order valence-electron chi connectivity index (χ1n) is 5.11. The lowest BCUT2D eigenvalue weighted by Crippen LogP contribution is -2.33. The molecule has 1 aliphatic rings. The molecule has 1 fully saturated rings. The molecule has 2 heterocycles.